The molecule has 0 spiro atoms. The van der Waals surface area contributed by atoms with Crippen molar-refractivity contribution in [1.82, 2.24) is 9.97 Å². The lowest BCUT2D eigenvalue weighted by atomic mass is 9.99. The van der Waals surface area contributed by atoms with Crippen molar-refractivity contribution in [2.24, 2.45) is 0 Å². The van der Waals surface area contributed by atoms with Gasteiger partial charge in [-0.3, -0.25) is 0 Å². The Morgan fingerprint density at radius 2 is 1.85 bits per heavy atom. The average Bonchev–Trinajstić information content (AvgIpc) is 3.08. The number of para-hydroxylation sites is 1. The van der Waals surface area contributed by atoms with E-state index in [4.69, 9.17) is 4.42 Å². The van der Waals surface area contributed by atoms with Crippen LogP contribution in [0.2, 0.25) is 0 Å². The maximum Gasteiger partial charge on any atom is 0.196 e. The zero-order chi connectivity index (χ0) is 17.5. The molecule has 3 heterocycles. The van der Waals surface area contributed by atoms with Gasteiger partial charge in [0, 0.05) is 18.5 Å². The van der Waals surface area contributed by atoms with E-state index >= 15 is 0 Å². The number of benzene rings is 2. The van der Waals surface area contributed by atoms with E-state index < -0.39 is 0 Å². The molecule has 4 aromatic rings. The maximum atomic E-state index is 9.45. The topological polar surface area (TPSA) is 62.4 Å². The summed E-state index contributed by atoms with van der Waals surface area (Å²) in [5.41, 5.74) is 4.88. The van der Waals surface area contributed by atoms with E-state index in [0.717, 1.165) is 53.0 Å². The first-order valence-corrected chi connectivity index (χ1v) is 8.65. The summed E-state index contributed by atoms with van der Waals surface area (Å²) in [5, 5.41) is 10.5. The molecule has 1 aliphatic heterocycles. The van der Waals surface area contributed by atoms with E-state index in [-0.39, 0.29) is 0 Å². The van der Waals surface area contributed by atoms with Gasteiger partial charge in [-0.1, -0.05) is 30.3 Å². The zero-order valence-electron chi connectivity index (χ0n) is 14.1. The molecule has 0 saturated heterocycles. The summed E-state index contributed by atoms with van der Waals surface area (Å²) in [4.78, 5) is 11.1. The Morgan fingerprint density at radius 3 is 2.65 bits per heavy atom. The van der Waals surface area contributed by atoms with E-state index in [9.17, 15) is 5.11 Å². The van der Waals surface area contributed by atoms with Crippen molar-refractivity contribution in [3.8, 4) is 5.75 Å². The van der Waals surface area contributed by atoms with Crippen LogP contribution in [-0.4, -0.2) is 28.2 Å². The molecule has 0 fully saturated rings. The Morgan fingerprint density at radius 1 is 1.00 bits per heavy atom. The predicted octanol–water partition coefficient (Wildman–Crippen LogP) is 4.38. The first-order valence-electron chi connectivity index (χ1n) is 8.65. The van der Waals surface area contributed by atoms with Crippen molar-refractivity contribution in [2.45, 2.75) is 6.42 Å². The van der Waals surface area contributed by atoms with Crippen molar-refractivity contribution in [3.05, 3.63) is 66.5 Å². The number of phenolic OH excluding ortho intramolecular Hbond substituents is 1. The van der Waals surface area contributed by atoms with Crippen molar-refractivity contribution in [2.75, 3.05) is 18.0 Å². The summed E-state index contributed by atoms with van der Waals surface area (Å²) in [7, 11) is 0. The monoisotopic (exact) mass is 343 g/mol. The van der Waals surface area contributed by atoms with Gasteiger partial charge >= 0.3 is 0 Å². The molecule has 5 nitrogen and oxygen atoms in total. The summed E-state index contributed by atoms with van der Waals surface area (Å²) < 4.78 is 6.05. The number of fused-ring (bicyclic) bond motifs is 3. The minimum Gasteiger partial charge on any atom is -0.508 e. The number of phenols is 1. The van der Waals surface area contributed by atoms with E-state index in [1.807, 2.05) is 36.4 Å². The van der Waals surface area contributed by atoms with Crippen LogP contribution in [0.5, 0.6) is 5.75 Å². The summed E-state index contributed by atoms with van der Waals surface area (Å²) in [5.74, 6) is 1.13. The second-order valence-electron chi connectivity index (χ2n) is 6.45. The number of hydrogen-bond donors (Lipinski definition) is 1. The normalized spacial score (nSPS) is 14.8. The summed E-state index contributed by atoms with van der Waals surface area (Å²) in [6.45, 7) is 1.62. The van der Waals surface area contributed by atoms with Crippen molar-refractivity contribution in [3.63, 3.8) is 0 Å². The molecule has 0 atom stereocenters. The van der Waals surface area contributed by atoms with Gasteiger partial charge in [-0.15, -0.1) is 0 Å². The molecule has 5 heteroatoms. The van der Waals surface area contributed by atoms with Gasteiger partial charge in [-0.05, 0) is 41.8 Å². The molecule has 0 amide bonds. The number of nitrogens with zero attached hydrogens (tertiary/aromatic N) is 3. The number of rotatable bonds is 2. The van der Waals surface area contributed by atoms with Gasteiger partial charge in [0.15, 0.2) is 11.4 Å². The SMILES string of the molecule is Oc1ccc(C2=CCN(c3ncnc4c3oc3ccccc34)CC2)cc1. The maximum absolute atomic E-state index is 9.45. The lowest BCUT2D eigenvalue weighted by Crippen LogP contribution is -2.29. The van der Waals surface area contributed by atoms with E-state index in [1.54, 1.807) is 18.5 Å². The third kappa shape index (κ3) is 2.40. The van der Waals surface area contributed by atoms with E-state index in [2.05, 4.69) is 20.9 Å². The number of aromatic hydroxyl groups is 1. The van der Waals surface area contributed by atoms with Crippen LogP contribution in [0.4, 0.5) is 5.82 Å². The lowest BCUT2D eigenvalue weighted by Gasteiger charge is -2.27. The minimum absolute atomic E-state index is 0.292. The smallest absolute Gasteiger partial charge is 0.196 e. The lowest BCUT2D eigenvalue weighted by molar-refractivity contribution is 0.475. The molecule has 26 heavy (non-hydrogen) atoms. The highest BCUT2D eigenvalue weighted by atomic mass is 16.3. The van der Waals surface area contributed by atoms with Crippen LogP contribution < -0.4 is 4.90 Å². The molecule has 2 aromatic carbocycles. The molecule has 1 aliphatic rings. The van der Waals surface area contributed by atoms with Gasteiger partial charge < -0.3 is 14.4 Å². The Hall–Kier alpha value is -3.34. The highest BCUT2D eigenvalue weighted by Crippen LogP contribution is 2.34. The summed E-state index contributed by atoms with van der Waals surface area (Å²) in [6, 6.07) is 15.3. The predicted molar refractivity (Wildman–Crippen MR) is 102 cm³/mol. The van der Waals surface area contributed by atoms with Crippen LogP contribution in [0, 0.1) is 0 Å². The standard InChI is InChI=1S/C21H17N3O2/c25-16-7-5-14(6-8-16)15-9-11-24(12-10-15)21-20-19(22-13-23-21)17-3-1-2-4-18(17)26-20/h1-9,13,25H,10-12H2. The van der Waals surface area contributed by atoms with Gasteiger partial charge in [0.2, 0.25) is 0 Å². The molecular weight excluding hydrogens is 326 g/mol. The van der Waals surface area contributed by atoms with Crippen LogP contribution in [0.1, 0.15) is 12.0 Å². The molecule has 128 valence electrons. The van der Waals surface area contributed by atoms with Crippen LogP contribution >= 0.6 is 0 Å². The third-order valence-electron chi connectivity index (χ3n) is 4.89. The number of aromatic nitrogens is 2. The molecule has 0 aliphatic carbocycles. The van der Waals surface area contributed by atoms with Crippen LogP contribution in [-0.2, 0) is 0 Å². The fraction of sp³-hybridized carbons (Fsp3) is 0.143. The highest BCUT2D eigenvalue weighted by molar-refractivity contribution is 6.05. The second-order valence-corrected chi connectivity index (χ2v) is 6.45. The van der Waals surface area contributed by atoms with E-state index in [0.29, 0.717) is 5.75 Å². The van der Waals surface area contributed by atoms with Gasteiger partial charge in [-0.25, -0.2) is 9.97 Å². The highest BCUT2D eigenvalue weighted by Gasteiger charge is 2.20. The van der Waals surface area contributed by atoms with Gasteiger partial charge in [0.1, 0.15) is 23.2 Å². The molecule has 2 aromatic heterocycles. The number of anilines is 1. The first-order chi connectivity index (χ1) is 12.8. The van der Waals surface area contributed by atoms with Gasteiger partial charge in [0.05, 0.1) is 0 Å². The molecular formula is C21H17N3O2. The van der Waals surface area contributed by atoms with Crippen LogP contribution in [0.3, 0.4) is 0 Å². The van der Waals surface area contributed by atoms with E-state index in [1.165, 1.54) is 5.57 Å². The quantitative estimate of drug-likeness (QED) is 0.585. The fourth-order valence-corrected chi connectivity index (χ4v) is 3.54. The summed E-state index contributed by atoms with van der Waals surface area (Å²) in [6.07, 6.45) is 4.74. The van der Waals surface area contributed by atoms with Gasteiger partial charge in [-0.2, -0.15) is 0 Å². The Balaban J connectivity index is 1.50. The fourth-order valence-electron chi connectivity index (χ4n) is 3.54. The Bertz CT molecular complexity index is 1130. The Labute approximate surface area is 150 Å². The number of furan rings is 1. The zero-order valence-corrected chi connectivity index (χ0v) is 14.1. The molecule has 0 bridgehead atoms. The first kappa shape index (κ1) is 15.0. The van der Waals surface area contributed by atoms with Crippen molar-refractivity contribution < 1.29 is 9.52 Å². The summed E-state index contributed by atoms with van der Waals surface area (Å²) >= 11 is 0. The molecule has 1 N–H and O–H groups in total. The van der Waals surface area contributed by atoms with Crippen molar-refractivity contribution in [1.29, 1.82) is 0 Å². The Kier molecular flexibility index (Phi) is 3.38. The van der Waals surface area contributed by atoms with Crippen LogP contribution in [0.15, 0.2) is 65.4 Å². The average molecular weight is 343 g/mol. The third-order valence-corrected chi connectivity index (χ3v) is 4.89. The molecule has 0 unspecified atom stereocenters. The molecule has 0 saturated carbocycles. The largest absolute Gasteiger partial charge is 0.508 e. The second kappa shape index (κ2) is 5.88. The molecule has 5 rings (SSSR count). The van der Waals surface area contributed by atoms with Crippen LogP contribution in [0.25, 0.3) is 27.6 Å². The number of hydrogen-bond acceptors (Lipinski definition) is 5. The molecule has 0 radical (unpaired) electrons. The van der Waals surface area contributed by atoms with Crippen molar-refractivity contribution >= 4 is 33.5 Å². The van der Waals surface area contributed by atoms with Gasteiger partial charge in [0.25, 0.3) is 0 Å². The minimum atomic E-state index is 0.292.